The minimum Gasteiger partial charge on any atom is -0.478 e. The number of likely N-dealkylation sites (N-methyl/N-ethyl adjacent to an activating group) is 1. The summed E-state index contributed by atoms with van der Waals surface area (Å²) in [6, 6.07) is 1.98. The van der Waals surface area contributed by atoms with Crippen LogP contribution in [0.4, 0.5) is 5.82 Å². The van der Waals surface area contributed by atoms with Crippen molar-refractivity contribution < 1.29 is 9.90 Å². The number of rotatable bonds is 3. The third-order valence-electron chi connectivity index (χ3n) is 3.51. The molecule has 1 aromatic rings. The predicted molar refractivity (Wildman–Crippen MR) is 80.0 cm³/mol. The normalized spacial score (nSPS) is 17.4. The smallest absolute Gasteiger partial charge is 0.328 e. The van der Waals surface area contributed by atoms with Crippen molar-refractivity contribution in [3.63, 3.8) is 0 Å². The molecule has 0 spiro atoms. The van der Waals surface area contributed by atoms with E-state index >= 15 is 0 Å². The second-order valence-corrected chi connectivity index (χ2v) is 5.22. The second-order valence-electron chi connectivity index (χ2n) is 5.22. The van der Waals surface area contributed by atoms with E-state index < -0.39 is 5.97 Å². The zero-order valence-electron chi connectivity index (χ0n) is 12.0. The highest BCUT2D eigenvalue weighted by Crippen LogP contribution is 2.20. The summed E-state index contributed by atoms with van der Waals surface area (Å²) in [5.74, 6) is 0.0649. The molecule has 1 aliphatic heterocycles. The first-order chi connectivity index (χ1) is 9.56. The first kappa shape index (κ1) is 14.5. The summed E-state index contributed by atoms with van der Waals surface area (Å²) in [4.78, 5) is 19.7. The summed E-state index contributed by atoms with van der Waals surface area (Å²) in [5.41, 5.74) is 1.91. The van der Waals surface area contributed by atoms with E-state index in [1.54, 1.807) is 12.3 Å². The van der Waals surface area contributed by atoms with Crippen molar-refractivity contribution in [3.05, 3.63) is 29.5 Å². The van der Waals surface area contributed by atoms with Gasteiger partial charge in [-0.2, -0.15) is 0 Å². The topological polar surface area (TPSA) is 56.7 Å². The molecule has 1 aliphatic rings. The molecular weight excluding hydrogens is 254 g/mol. The maximum atomic E-state index is 10.5. The molecule has 0 unspecified atom stereocenters. The SMILES string of the molecule is Cc1cc(/C=C/C(=O)O)cnc1N1CCCN(C)CC1. The number of hydrogen-bond acceptors (Lipinski definition) is 4. The zero-order chi connectivity index (χ0) is 14.5. The average molecular weight is 275 g/mol. The Kier molecular flexibility index (Phi) is 4.74. The van der Waals surface area contributed by atoms with Crippen molar-refractivity contribution in [1.29, 1.82) is 0 Å². The van der Waals surface area contributed by atoms with Gasteiger partial charge in [0.1, 0.15) is 5.82 Å². The molecule has 1 aromatic heterocycles. The number of carbonyl (C=O) groups is 1. The fourth-order valence-electron chi connectivity index (χ4n) is 2.44. The summed E-state index contributed by atoms with van der Waals surface area (Å²) in [5, 5.41) is 8.64. The van der Waals surface area contributed by atoms with Crippen LogP contribution in [0.2, 0.25) is 0 Å². The van der Waals surface area contributed by atoms with Crippen molar-refractivity contribution in [2.24, 2.45) is 0 Å². The minimum atomic E-state index is -0.942. The lowest BCUT2D eigenvalue weighted by Gasteiger charge is -2.23. The molecule has 5 nitrogen and oxygen atoms in total. The molecule has 20 heavy (non-hydrogen) atoms. The van der Waals surface area contributed by atoms with Crippen LogP contribution in [0.5, 0.6) is 0 Å². The Hall–Kier alpha value is -1.88. The highest BCUT2D eigenvalue weighted by atomic mass is 16.4. The standard InChI is InChI=1S/C15H21N3O2/c1-12-10-13(4-5-14(19)20)11-16-15(12)18-7-3-6-17(2)8-9-18/h4-5,10-11H,3,6-9H2,1-2H3,(H,19,20)/b5-4+. The van der Waals surface area contributed by atoms with Crippen molar-refractivity contribution >= 4 is 17.9 Å². The van der Waals surface area contributed by atoms with E-state index in [0.29, 0.717) is 0 Å². The van der Waals surface area contributed by atoms with E-state index in [1.807, 2.05) is 13.0 Å². The lowest BCUT2D eigenvalue weighted by Crippen LogP contribution is -2.29. The highest BCUT2D eigenvalue weighted by Gasteiger charge is 2.15. The van der Waals surface area contributed by atoms with Crippen LogP contribution in [0.3, 0.4) is 0 Å². The lowest BCUT2D eigenvalue weighted by atomic mass is 10.2. The van der Waals surface area contributed by atoms with Gasteiger partial charge in [-0.25, -0.2) is 9.78 Å². The maximum absolute atomic E-state index is 10.5. The molecule has 5 heteroatoms. The molecule has 0 saturated carbocycles. The number of carboxylic acids is 1. The molecule has 2 rings (SSSR count). The second kappa shape index (κ2) is 6.52. The van der Waals surface area contributed by atoms with Crippen LogP contribution in [0.25, 0.3) is 6.08 Å². The summed E-state index contributed by atoms with van der Waals surface area (Å²) < 4.78 is 0. The van der Waals surface area contributed by atoms with Crippen molar-refractivity contribution in [2.45, 2.75) is 13.3 Å². The molecule has 1 N–H and O–H groups in total. The first-order valence-electron chi connectivity index (χ1n) is 6.87. The van der Waals surface area contributed by atoms with Gasteiger partial charge < -0.3 is 14.9 Å². The van der Waals surface area contributed by atoms with E-state index in [1.165, 1.54) is 0 Å². The Labute approximate surface area is 119 Å². The number of aliphatic carboxylic acids is 1. The summed E-state index contributed by atoms with van der Waals surface area (Å²) in [6.07, 6.45) is 5.58. The number of nitrogens with zero attached hydrogens (tertiary/aromatic N) is 3. The Bertz CT molecular complexity index is 514. The lowest BCUT2D eigenvalue weighted by molar-refractivity contribution is -0.131. The van der Waals surface area contributed by atoms with Gasteiger partial charge in [0.2, 0.25) is 0 Å². The van der Waals surface area contributed by atoms with Gasteiger partial charge in [-0.1, -0.05) is 0 Å². The largest absolute Gasteiger partial charge is 0.478 e. The Balaban J connectivity index is 2.14. The molecule has 1 fully saturated rings. The van der Waals surface area contributed by atoms with Gasteiger partial charge >= 0.3 is 5.97 Å². The van der Waals surface area contributed by atoms with Crippen LogP contribution in [-0.2, 0) is 4.79 Å². The number of pyridine rings is 1. The van der Waals surface area contributed by atoms with Crippen molar-refractivity contribution in [3.8, 4) is 0 Å². The van der Waals surface area contributed by atoms with Gasteiger partial charge in [0.25, 0.3) is 0 Å². The minimum absolute atomic E-state index is 0.820. The third-order valence-corrected chi connectivity index (χ3v) is 3.51. The molecule has 108 valence electrons. The Morgan fingerprint density at radius 2 is 2.15 bits per heavy atom. The van der Waals surface area contributed by atoms with Crippen molar-refractivity contribution in [2.75, 3.05) is 38.1 Å². The predicted octanol–water partition coefficient (Wildman–Crippen LogP) is 1.63. The number of anilines is 1. The fourth-order valence-corrected chi connectivity index (χ4v) is 2.44. The van der Waals surface area contributed by atoms with E-state index in [0.717, 1.165) is 55.6 Å². The molecular formula is C15H21N3O2. The van der Waals surface area contributed by atoms with Crippen LogP contribution in [0.15, 0.2) is 18.3 Å². The first-order valence-corrected chi connectivity index (χ1v) is 6.87. The number of aromatic nitrogens is 1. The average Bonchev–Trinajstić information content (AvgIpc) is 2.61. The van der Waals surface area contributed by atoms with E-state index in [9.17, 15) is 4.79 Å². The summed E-state index contributed by atoms with van der Waals surface area (Å²) >= 11 is 0. The molecule has 0 aromatic carbocycles. The van der Waals surface area contributed by atoms with E-state index in [2.05, 4.69) is 21.8 Å². The van der Waals surface area contributed by atoms with Crippen LogP contribution < -0.4 is 4.90 Å². The molecule has 2 heterocycles. The van der Waals surface area contributed by atoms with Crippen LogP contribution >= 0.6 is 0 Å². The Morgan fingerprint density at radius 3 is 2.85 bits per heavy atom. The summed E-state index contributed by atoms with van der Waals surface area (Å²) in [7, 11) is 2.14. The van der Waals surface area contributed by atoms with E-state index in [4.69, 9.17) is 5.11 Å². The molecule has 0 amide bonds. The van der Waals surface area contributed by atoms with Gasteiger partial charge in [0, 0.05) is 31.9 Å². The number of aryl methyl sites for hydroxylation is 1. The number of hydrogen-bond donors (Lipinski definition) is 1. The van der Waals surface area contributed by atoms with Gasteiger partial charge in [0.15, 0.2) is 0 Å². The zero-order valence-corrected chi connectivity index (χ0v) is 12.0. The molecule has 1 saturated heterocycles. The van der Waals surface area contributed by atoms with Gasteiger partial charge in [0.05, 0.1) is 0 Å². The number of carboxylic acid groups (broad SMARTS) is 1. The Morgan fingerprint density at radius 1 is 1.35 bits per heavy atom. The molecule has 0 aliphatic carbocycles. The van der Waals surface area contributed by atoms with Gasteiger partial charge in [-0.3, -0.25) is 0 Å². The quantitative estimate of drug-likeness (QED) is 0.850. The van der Waals surface area contributed by atoms with Crippen LogP contribution in [-0.4, -0.2) is 54.2 Å². The maximum Gasteiger partial charge on any atom is 0.328 e. The van der Waals surface area contributed by atoms with Crippen LogP contribution in [0.1, 0.15) is 17.5 Å². The fraction of sp³-hybridized carbons (Fsp3) is 0.467. The third kappa shape index (κ3) is 3.81. The van der Waals surface area contributed by atoms with Crippen molar-refractivity contribution in [1.82, 2.24) is 9.88 Å². The monoisotopic (exact) mass is 275 g/mol. The van der Waals surface area contributed by atoms with Crippen LogP contribution in [0, 0.1) is 6.92 Å². The molecule has 0 atom stereocenters. The van der Waals surface area contributed by atoms with Gasteiger partial charge in [-0.15, -0.1) is 0 Å². The van der Waals surface area contributed by atoms with Gasteiger partial charge in [-0.05, 0) is 50.2 Å². The summed E-state index contributed by atoms with van der Waals surface area (Å²) in [6.45, 7) is 6.18. The molecule has 0 bridgehead atoms. The highest BCUT2D eigenvalue weighted by molar-refractivity contribution is 5.85. The van der Waals surface area contributed by atoms with E-state index in [-0.39, 0.29) is 0 Å². The molecule has 0 radical (unpaired) electrons.